The predicted octanol–water partition coefficient (Wildman–Crippen LogP) is 4.06. The number of hydrogen-bond donors (Lipinski definition) is 1. The van der Waals surface area contributed by atoms with Crippen molar-refractivity contribution < 1.29 is 9.84 Å². The second-order valence-electron chi connectivity index (χ2n) is 5.06. The summed E-state index contributed by atoms with van der Waals surface area (Å²) >= 11 is 0. The van der Waals surface area contributed by atoms with Gasteiger partial charge in [0.25, 0.3) is 0 Å². The molecule has 0 bridgehead atoms. The molecular formula is C18H22O2. The molecule has 106 valence electrons. The molecule has 0 aliphatic heterocycles. The van der Waals surface area contributed by atoms with E-state index in [0.717, 1.165) is 24.3 Å². The van der Waals surface area contributed by atoms with Crippen LogP contribution in [-0.4, -0.2) is 11.7 Å². The Morgan fingerprint density at radius 2 is 1.75 bits per heavy atom. The van der Waals surface area contributed by atoms with Crippen molar-refractivity contribution >= 4 is 0 Å². The predicted molar refractivity (Wildman–Crippen MR) is 82.1 cm³/mol. The van der Waals surface area contributed by atoms with Gasteiger partial charge in [0.05, 0.1) is 12.7 Å². The van der Waals surface area contributed by atoms with Crippen LogP contribution in [0.2, 0.25) is 0 Å². The lowest BCUT2D eigenvalue weighted by Gasteiger charge is -2.13. The maximum Gasteiger partial charge on any atom is 0.119 e. The van der Waals surface area contributed by atoms with Crippen LogP contribution in [0.15, 0.2) is 48.5 Å². The van der Waals surface area contributed by atoms with Gasteiger partial charge in [0.2, 0.25) is 0 Å². The molecule has 0 saturated carbocycles. The number of hydrogen-bond acceptors (Lipinski definition) is 2. The highest BCUT2D eigenvalue weighted by molar-refractivity contribution is 5.31. The van der Waals surface area contributed by atoms with Gasteiger partial charge in [-0.1, -0.05) is 43.3 Å². The molecule has 2 aromatic carbocycles. The molecule has 1 N–H and O–H groups in total. The summed E-state index contributed by atoms with van der Waals surface area (Å²) in [5, 5.41) is 10.3. The van der Waals surface area contributed by atoms with Crippen molar-refractivity contribution in [2.45, 2.75) is 32.8 Å². The van der Waals surface area contributed by atoms with Crippen LogP contribution in [0, 0.1) is 6.92 Å². The number of ether oxygens (including phenoxy) is 1. The summed E-state index contributed by atoms with van der Waals surface area (Å²) in [6, 6.07) is 15.9. The van der Waals surface area contributed by atoms with E-state index in [4.69, 9.17) is 4.74 Å². The summed E-state index contributed by atoms with van der Waals surface area (Å²) in [6.07, 6.45) is 1.16. The van der Waals surface area contributed by atoms with Crippen molar-refractivity contribution in [3.8, 4) is 5.75 Å². The molecule has 20 heavy (non-hydrogen) atoms. The first kappa shape index (κ1) is 14.6. The lowest BCUT2D eigenvalue weighted by molar-refractivity contribution is 0.178. The molecule has 0 aliphatic carbocycles. The standard InChI is InChI=1S/C18H22O2/c1-3-12-20-17-10-8-15(9-11-17)18(19)13-16-7-5-4-6-14(16)2/h4-11,18-19H,3,12-13H2,1-2H3. The zero-order valence-corrected chi connectivity index (χ0v) is 12.2. The zero-order valence-electron chi connectivity index (χ0n) is 12.2. The van der Waals surface area contributed by atoms with Crippen LogP contribution in [0.25, 0.3) is 0 Å². The topological polar surface area (TPSA) is 29.5 Å². The second kappa shape index (κ2) is 7.11. The Balaban J connectivity index is 2.02. The molecule has 0 fully saturated rings. The third-order valence-corrected chi connectivity index (χ3v) is 3.41. The van der Waals surface area contributed by atoms with Crippen LogP contribution in [0.1, 0.15) is 36.1 Å². The Hall–Kier alpha value is -1.80. The number of aryl methyl sites for hydroxylation is 1. The number of benzene rings is 2. The van der Waals surface area contributed by atoms with Crippen molar-refractivity contribution in [3.63, 3.8) is 0 Å². The lowest BCUT2D eigenvalue weighted by atomic mass is 9.98. The molecule has 1 atom stereocenters. The summed E-state index contributed by atoms with van der Waals surface area (Å²) < 4.78 is 5.55. The number of rotatable bonds is 6. The Kier molecular flexibility index (Phi) is 5.19. The van der Waals surface area contributed by atoms with Gasteiger partial charge in [-0.15, -0.1) is 0 Å². The minimum absolute atomic E-state index is 0.476. The monoisotopic (exact) mass is 270 g/mol. The van der Waals surface area contributed by atoms with E-state index in [9.17, 15) is 5.11 Å². The van der Waals surface area contributed by atoms with Crippen LogP contribution in [0.5, 0.6) is 5.75 Å². The van der Waals surface area contributed by atoms with Gasteiger partial charge in [0, 0.05) is 6.42 Å². The summed E-state index contributed by atoms with van der Waals surface area (Å²) in [5.74, 6) is 0.860. The molecule has 0 radical (unpaired) electrons. The first-order chi connectivity index (χ1) is 9.70. The highest BCUT2D eigenvalue weighted by atomic mass is 16.5. The van der Waals surface area contributed by atoms with E-state index in [1.54, 1.807) is 0 Å². The Morgan fingerprint density at radius 1 is 1.05 bits per heavy atom. The second-order valence-corrected chi connectivity index (χ2v) is 5.06. The van der Waals surface area contributed by atoms with E-state index >= 15 is 0 Å². The van der Waals surface area contributed by atoms with Crippen LogP contribution in [0.3, 0.4) is 0 Å². The highest BCUT2D eigenvalue weighted by Gasteiger charge is 2.10. The van der Waals surface area contributed by atoms with E-state index in [0.29, 0.717) is 6.42 Å². The Morgan fingerprint density at radius 3 is 2.40 bits per heavy atom. The van der Waals surface area contributed by atoms with Crippen LogP contribution < -0.4 is 4.74 Å². The quantitative estimate of drug-likeness (QED) is 0.857. The molecule has 0 aliphatic rings. The molecule has 1 unspecified atom stereocenters. The first-order valence-electron chi connectivity index (χ1n) is 7.16. The molecule has 0 spiro atoms. The van der Waals surface area contributed by atoms with Gasteiger partial charge >= 0.3 is 0 Å². The molecule has 0 aromatic heterocycles. The fraction of sp³-hybridized carbons (Fsp3) is 0.333. The molecular weight excluding hydrogens is 248 g/mol. The number of aliphatic hydroxyl groups excluding tert-OH is 1. The van der Waals surface area contributed by atoms with Crippen molar-refractivity contribution in [1.29, 1.82) is 0 Å². The largest absolute Gasteiger partial charge is 0.494 e. The summed E-state index contributed by atoms with van der Waals surface area (Å²) in [4.78, 5) is 0. The average molecular weight is 270 g/mol. The molecule has 2 aromatic rings. The van der Waals surface area contributed by atoms with E-state index < -0.39 is 6.10 Å². The lowest BCUT2D eigenvalue weighted by Crippen LogP contribution is -2.03. The van der Waals surface area contributed by atoms with E-state index in [1.165, 1.54) is 11.1 Å². The van der Waals surface area contributed by atoms with Gasteiger partial charge in [0.1, 0.15) is 5.75 Å². The molecule has 0 saturated heterocycles. The van der Waals surface area contributed by atoms with Gasteiger partial charge in [-0.25, -0.2) is 0 Å². The van der Waals surface area contributed by atoms with Crippen molar-refractivity contribution in [1.82, 2.24) is 0 Å². The minimum Gasteiger partial charge on any atom is -0.494 e. The summed E-state index contributed by atoms with van der Waals surface area (Å²) in [6.45, 7) is 4.88. The van der Waals surface area contributed by atoms with Crippen molar-refractivity contribution in [2.75, 3.05) is 6.61 Å². The van der Waals surface area contributed by atoms with Gasteiger partial charge in [0.15, 0.2) is 0 Å². The normalized spacial score (nSPS) is 12.2. The molecule has 2 nitrogen and oxygen atoms in total. The first-order valence-corrected chi connectivity index (χ1v) is 7.16. The van der Waals surface area contributed by atoms with E-state index in [-0.39, 0.29) is 0 Å². The average Bonchev–Trinajstić information content (AvgIpc) is 2.48. The molecule has 0 amide bonds. The smallest absolute Gasteiger partial charge is 0.119 e. The SMILES string of the molecule is CCCOc1ccc(C(O)Cc2ccccc2C)cc1. The zero-order chi connectivity index (χ0) is 14.4. The van der Waals surface area contributed by atoms with Gasteiger partial charge in [-0.05, 0) is 42.2 Å². The van der Waals surface area contributed by atoms with Gasteiger partial charge < -0.3 is 9.84 Å². The fourth-order valence-electron chi connectivity index (χ4n) is 2.17. The van der Waals surface area contributed by atoms with Crippen molar-refractivity contribution in [3.05, 3.63) is 65.2 Å². The summed E-state index contributed by atoms with van der Waals surface area (Å²) in [5.41, 5.74) is 3.33. The maximum atomic E-state index is 10.3. The van der Waals surface area contributed by atoms with Crippen LogP contribution in [0.4, 0.5) is 0 Å². The highest BCUT2D eigenvalue weighted by Crippen LogP contribution is 2.22. The van der Waals surface area contributed by atoms with Crippen molar-refractivity contribution in [2.24, 2.45) is 0 Å². The Bertz CT molecular complexity index is 531. The molecule has 0 heterocycles. The molecule has 2 rings (SSSR count). The third kappa shape index (κ3) is 3.84. The Labute approximate surface area is 121 Å². The van der Waals surface area contributed by atoms with Crippen LogP contribution in [-0.2, 0) is 6.42 Å². The minimum atomic E-state index is -0.476. The maximum absolute atomic E-state index is 10.3. The van der Waals surface area contributed by atoms with Gasteiger partial charge in [-0.2, -0.15) is 0 Å². The fourth-order valence-corrected chi connectivity index (χ4v) is 2.17. The van der Waals surface area contributed by atoms with Crippen LogP contribution >= 0.6 is 0 Å². The van der Waals surface area contributed by atoms with E-state index in [2.05, 4.69) is 26.0 Å². The van der Waals surface area contributed by atoms with E-state index in [1.807, 2.05) is 36.4 Å². The van der Waals surface area contributed by atoms with Gasteiger partial charge in [-0.3, -0.25) is 0 Å². The third-order valence-electron chi connectivity index (χ3n) is 3.41. The summed E-state index contributed by atoms with van der Waals surface area (Å²) in [7, 11) is 0. The molecule has 2 heteroatoms. The number of aliphatic hydroxyl groups is 1.